The van der Waals surface area contributed by atoms with E-state index in [9.17, 15) is 0 Å². The summed E-state index contributed by atoms with van der Waals surface area (Å²) < 4.78 is 13.6. The minimum atomic E-state index is 0.893. The average Bonchev–Trinajstić information content (AvgIpc) is 4.23. The first-order valence-corrected chi connectivity index (χ1v) is 28.1. The molecule has 0 unspecified atom stereocenters. The molecule has 0 aliphatic heterocycles. The van der Waals surface area contributed by atoms with Crippen LogP contribution in [0.15, 0.2) is 302 Å². The van der Waals surface area contributed by atoms with E-state index >= 15 is 0 Å². The van der Waals surface area contributed by atoms with E-state index < -0.39 is 0 Å². The molecule has 4 aromatic heterocycles. The molecule has 4 heterocycles. The summed E-state index contributed by atoms with van der Waals surface area (Å²) in [4.78, 5) is 0. The van der Waals surface area contributed by atoms with Crippen molar-refractivity contribution in [1.82, 2.24) is 13.7 Å². The number of hydrogen-bond acceptors (Lipinski definition) is 1. The summed E-state index contributed by atoms with van der Waals surface area (Å²) in [5.41, 5.74) is 23.6. The van der Waals surface area contributed by atoms with Gasteiger partial charge in [0.1, 0.15) is 11.2 Å². The van der Waals surface area contributed by atoms with Gasteiger partial charge in [-0.15, -0.1) is 0 Å². The monoisotopic (exact) mass is 1040 g/mol. The molecule has 0 aliphatic carbocycles. The van der Waals surface area contributed by atoms with Crippen molar-refractivity contribution in [1.29, 1.82) is 0 Å². The first-order valence-electron chi connectivity index (χ1n) is 28.1. The average molecular weight is 1040 g/mol. The van der Waals surface area contributed by atoms with Gasteiger partial charge >= 0.3 is 0 Å². The van der Waals surface area contributed by atoms with Crippen molar-refractivity contribution < 1.29 is 4.42 Å². The molecule has 0 aliphatic rings. The van der Waals surface area contributed by atoms with E-state index in [2.05, 4.69) is 299 Å². The molecule has 82 heavy (non-hydrogen) atoms. The van der Waals surface area contributed by atoms with Gasteiger partial charge in [0, 0.05) is 60.2 Å². The van der Waals surface area contributed by atoms with Crippen LogP contribution in [0.25, 0.3) is 160 Å². The fourth-order valence-electron chi connectivity index (χ4n) is 13.3. The Morgan fingerprint density at radius 1 is 0.183 bits per heavy atom. The van der Waals surface area contributed by atoms with Crippen molar-refractivity contribution >= 4 is 87.4 Å². The number of fused-ring (bicyclic) bond motifs is 12. The maximum atomic E-state index is 6.27. The summed E-state index contributed by atoms with van der Waals surface area (Å²) in [6.07, 6.45) is 0. The Morgan fingerprint density at radius 2 is 0.524 bits per heavy atom. The van der Waals surface area contributed by atoms with Crippen LogP contribution in [0, 0.1) is 0 Å². The van der Waals surface area contributed by atoms with Gasteiger partial charge < -0.3 is 18.1 Å². The summed E-state index contributed by atoms with van der Waals surface area (Å²) in [5, 5.41) is 9.67. The largest absolute Gasteiger partial charge is 0.456 e. The number of rotatable bonds is 8. The quantitative estimate of drug-likeness (QED) is 0.149. The van der Waals surface area contributed by atoms with Gasteiger partial charge in [-0.1, -0.05) is 188 Å². The van der Waals surface area contributed by atoms with Gasteiger partial charge in [-0.2, -0.15) is 0 Å². The Labute approximate surface area is 472 Å². The number of benzene rings is 13. The highest BCUT2D eigenvalue weighted by Crippen LogP contribution is 2.43. The highest BCUT2D eigenvalue weighted by molar-refractivity contribution is 6.12. The maximum Gasteiger partial charge on any atom is 0.135 e. The SMILES string of the molecule is c1cc(-c2cc(-c3ccc(-c4cccc(-n5c6ccccc6c6ccccc65)c4)c(-c4cccc(-n5c6ccccc6c6ccccc65)c4)c3)cc(-n3c4ccccc4c4ccccc43)c2)cc(-c2ccc3oc4ccccc4c3c2)c1. The first-order chi connectivity index (χ1) is 40.6. The molecule has 0 saturated heterocycles. The van der Waals surface area contributed by atoms with Gasteiger partial charge in [0.25, 0.3) is 0 Å². The Balaban J connectivity index is 0.886. The third-order valence-electron chi connectivity index (χ3n) is 17.0. The predicted octanol–water partition coefficient (Wildman–Crippen LogP) is 21.2. The summed E-state index contributed by atoms with van der Waals surface area (Å²) in [6, 6.07) is 109. The number of para-hydroxylation sites is 7. The molecule has 0 bridgehead atoms. The fourth-order valence-corrected chi connectivity index (χ4v) is 13.3. The van der Waals surface area contributed by atoms with Crippen LogP contribution in [0.1, 0.15) is 0 Å². The van der Waals surface area contributed by atoms with Crippen molar-refractivity contribution in [3.63, 3.8) is 0 Å². The van der Waals surface area contributed by atoms with E-state index in [1.807, 2.05) is 12.1 Å². The molecule has 17 aromatic rings. The van der Waals surface area contributed by atoms with Gasteiger partial charge in [-0.25, -0.2) is 0 Å². The summed E-state index contributed by atoms with van der Waals surface area (Å²) in [7, 11) is 0. The number of furan rings is 1. The van der Waals surface area contributed by atoms with E-state index in [1.165, 1.54) is 65.4 Å². The van der Waals surface area contributed by atoms with Gasteiger partial charge in [-0.05, 0) is 165 Å². The molecule has 0 N–H and O–H groups in total. The van der Waals surface area contributed by atoms with E-state index in [4.69, 9.17) is 4.42 Å². The van der Waals surface area contributed by atoms with Crippen LogP contribution in [-0.4, -0.2) is 13.7 Å². The highest BCUT2D eigenvalue weighted by Gasteiger charge is 2.20. The van der Waals surface area contributed by atoms with Crippen molar-refractivity contribution in [2.75, 3.05) is 0 Å². The van der Waals surface area contributed by atoms with E-state index in [0.717, 1.165) is 94.6 Å². The molecule has 382 valence electrons. The molecule has 17 rings (SSSR count). The molecular weight excluding hydrogens is 995 g/mol. The zero-order valence-electron chi connectivity index (χ0n) is 44.5. The van der Waals surface area contributed by atoms with E-state index in [-0.39, 0.29) is 0 Å². The van der Waals surface area contributed by atoms with Gasteiger partial charge in [-0.3, -0.25) is 0 Å². The second-order valence-corrected chi connectivity index (χ2v) is 21.6. The molecule has 4 nitrogen and oxygen atoms in total. The molecule has 0 atom stereocenters. The lowest BCUT2D eigenvalue weighted by Gasteiger charge is -2.18. The van der Waals surface area contributed by atoms with Crippen LogP contribution in [0.5, 0.6) is 0 Å². The zero-order valence-corrected chi connectivity index (χ0v) is 44.5. The molecule has 13 aromatic carbocycles. The summed E-state index contributed by atoms with van der Waals surface area (Å²) in [5.74, 6) is 0. The number of nitrogens with zero attached hydrogens (tertiary/aromatic N) is 3. The second kappa shape index (κ2) is 18.3. The normalized spacial score (nSPS) is 11.9. The van der Waals surface area contributed by atoms with Crippen LogP contribution in [0.4, 0.5) is 0 Å². The second-order valence-electron chi connectivity index (χ2n) is 21.6. The third kappa shape index (κ3) is 7.25. The number of aromatic nitrogens is 3. The molecule has 0 radical (unpaired) electrons. The zero-order chi connectivity index (χ0) is 53.8. The van der Waals surface area contributed by atoms with Gasteiger partial charge in [0.2, 0.25) is 0 Å². The molecule has 4 heteroatoms. The van der Waals surface area contributed by atoms with E-state index in [1.54, 1.807) is 0 Å². The minimum absolute atomic E-state index is 0.893. The van der Waals surface area contributed by atoms with Crippen LogP contribution in [0.3, 0.4) is 0 Å². The Kier molecular flexibility index (Phi) is 10.3. The van der Waals surface area contributed by atoms with Crippen molar-refractivity contribution in [3.05, 3.63) is 297 Å². The van der Waals surface area contributed by atoms with Crippen LogP contribution in [-0.2, 0) is 0 Å². The lowest BCUT2D eigenvalue weighted by Crippen LogP contribution is -1.97. The van der Waals surface area contributed by atoms with Crippen LogP contribution in [0.2, 0.25) is 0 Å². The topological polar surface area (TPSA) is 27.9 Å². The Morgan fingerprint density at radius 3 is 1.04 bits per heavy atom. The standard InChI is InChI=1S/C78H49N3O/c1-8-31-71-62(24-1)63-25-2-9-32-72(63)79(71)58-22-16-20-54(44-58)61-40-38-53(48-69(61)55-21-17-23-59(45-55)80-73-33-10-3-26-64(73)65-27-4-11-34-74(65)80)57-43-56(46-60(47-57)81-75-35-12-5-28-66(75)67-29-6-13-36-76(67)81)51-19-15-18-50(42-51)52-39-41-78-70(49-52)68-30-7-14-37-77(68)82-78/h1-49H. The summed E-state index contributed by atoms with van der Waals surface area (Å²) in [6.45, 7) is 0. The molecule has 0 saturated carbocycles. The van der Waals surface area contributed by atoms with Crippen molar-refractivity contribution in [2.45, 2.75) is 0 Å². The molecular formula is C78H49N3O. The molecule has 0 fully saturated rings. The van der Waals surface area contributed by atoms with Gasteiger partial charge in [0.15, 0.2) is 0 Å². The smallest absolute Gasteiger partial charge is 0.135 e. The minimum Gasteiger partial charge on any atom is -0.456 e. The summed E-state index contributed by atoms with van der Waals surface area (Å²) >= 11 is 0. The maximum absolute atomic E-state index is 6.27. The fraction of sp³-hybridized carbons (Fsp3) is 0. The lowest BCUT2D eigenvalue weighted by atomic mass is 9.89. The highest BCUT2D eigenvalue weighted by atomic mass is 16.3. The Hall–Kier alpha value is -10.9. The van der Waals surface area contributed by atoms with E-state index in [0.29, 0.717) is 0 Å². The van der Waals surface area contributed by atoms with Crippen LogP contribution >= 0.6 is 0 Å². The van der Waals surface area contributed by atoms with Crippen LogP contribution < -0.4 is 0 Å². The van der Waals surface area contributed by atoms with Gasteiger partial charge in [0.05, 0.1) is 33.1 Å². The predicted molar refractivity (Wildman–Crippen MR) is 344 cm³/mol. The molecule has 0 spiro atoms. The Bertz CT molecular complexity index is 5270. The third-order valence-corrected chi connectivity index (χ3v) is 17.0. The molecule has 0 amide bonds. The first kappa shape index (κ1) is 46.0. The number of hydrogen-bond donors (Lipinski definition) is 0. The van der Waals surface area contributed by atoms with Crippen molar-refractivity contribution in [2.24, 2.45) is 0 Å². The lowest BCUT2D eigenvalue weighted by molar-refractivity contribution is 0.669. The van der Waals surface area contributed by atoms with Crippen molar-refractivity contribution in [3.8, 4) is 72.7 Å².